The molecule has 3 heteroatoms. The molecule has 0 N–H and O–H groups in total. The molecule has 82 valence electrons. The van der Waals surface area contributed by atoms with Gasteiger partial charge in [0.25, 0.3) is 0 Å². The molecule has 1 aromatic rings. The van der Waals surface area contributed by atoms with E-state index >= 15 is 0 Å². The van der Waals surface area contributed by atoms with Crippen LogP contribution in [0, 0.1) is 0 Å². The Kier molecular flexibility index (Phi) is 4.09. The summed E-state index contributed by atoms with van der Waals surface area (Å²) in [6.07, 6.45) is 2.67. The number of hydrogen-bond donors (Lipinski definition) is 0. The number of sulfone groups is 1. The molecule has 15 heavy (non-hydrogen) atoms. The van der Waals surface area contributed by atoms with Gasteiger partial charge >= 0.3 is 0 Å². The van der Waals surface area contributed by atoms with Crippen molar-refractivity contribution in [2.24, 2.45) is 0 Å². The van der Waals surface area contributed by atoms with Gasteiger partial charge in [-0.3, -0.25) is 0 Å². The lowest BCUT2D eigenvalue weighted by molar-refractivity contribution is 0.599. The standard InChI is InChI=1S/C12H16O2S/c1-3-11(2)9-10-15(13,14)12-7-5-4-6-8-12/h4-9H,3,10H2,1-2H3/b11-9+. The van der Waals surface area contributed by atoms with Crippen molar-refractivity contribution >= 4 is 9.84 Å². The zero-order valence-corrected chi connectivity index (χ0v) is 9.92. The highest BCUT2D eigenvalue weighted by Crippen LogP contribution is 2.11. The number of allylic oxidation sites excluding steroid dienone is 1. The average molecular weight is 224 g/mol. The first-order valence-corrected chi connectivity index (χ1v) is 6.65. The Balaban J connectivity index is 2.87. The van der Waals surface area contributed by atoms with E-state index in [0.29, 0.717) is 4.90 Å². The van der Waals surface area contributed by atoms with Gasteiger partial charge in [-0.05, 0) is 25.5 Å². The molecule has 0 fully saturated rings. The summed E-state index contributed by atoms with van der Waals surface area (Å²) in [5.74, 6) is 0.0939. The normalized spacial score (nSPS) is 12.8. The molecule has 0 aliphatic carbocycles. The summed E-state index contributed by atoms with van der Waals surface area (Å²) in [6, 6.07) is 8.55. The van der Waals surface area contributed by atoms with Gasteiger partial charge < -0.3 is 0 Å². The Morgan fingerprint density at radius 3 is 2.40 bits per heavy atom. The van der Waals surface area contributed by atoms with E-state index in [2.05, 4.69) is 0 Å². The second-order valence-electron chi connectivity index (χ2n) is 3.50. The Hall–Kier alpha value is -1.09. The molecule has 0 atom stereocenters. The van der Waals surface area contributed by atoms with E-state index in [0.717, 1.165) is 12.0 Å². The highest BCUT2D eigenvalue weighted by atomic mass is 32.2. The molecule has 0 saturated heterocycles. The third-order valence-electron chi connectivity index (χ3n) is 2.31. The zero-order valence-electron chi connectivity index (χ0n) is 9.10. The largest absolute Gasteiger partial charge is 0.223 e. The molecule has 0 aliphatic heterocycles. The molecular weight excluding hydrogens is 208 g/mol. The molecule has 0 aliphatic rings. The molecule has 0 amide bonds. The molecule has 0 radical (unpaired) electrons. The van der Waals surface area contributed by atoms with Gasteiger partial charge in [-0.25, -0.2) is 8.42 Å². The summed E-state index contributed by atoms with van der Waals surface area (Å²) < 4.78 is 23.6. The molecular formula is C12H16O2S. The molecule has 1 aromatic carbocycles. The molecule has 1 rings (SSSR count). The van der Waals surface area contributed by atoms with Gasteiger partial charge in [0, 0.05) is 0 Å². The minimum absolute atomic E-state index is 0.0939. The number of benzene rings is 1. The van der Waals surface area contributed by atoms with E-state index in [1.165, 1.54) is 0 Å². The maximum Gasteiger partial charge on any atom is 0.181 e. The lowest BCUT2D eigenvalue weighted by atomic mass is 10.2. The van der Waals surface area contributed by atoms with Gasteiger partial charge in [0.15, 0.2) is 9.84 Å². The van der Waals surface area contributed by atoms with Crippen molar-refractivity contribution in [1.82, 2.24) is 0 Å². The van der Waals surface area contributed by atoms with Crippen molar-refractivity contribution in [2.45, 2.75) is 25.2 Å². The summed E-state index contributed by atoms with van der Waals surface area (Å²) in [7, 11) is -3.14. The van der Waals surface area contributed by atoms with Crippen LogP contribution >= 0.6 is 0 Å². The Morgan fingerprint density at radius 1 is 1.27 bits per heavy atom. The summed E-state index contributed by atoms with van der Waals surface area (Å²) in [6.45, 7) is 3.96. The van der Waals surface area contributed by atoms with Gasteiger partial charge in [0.1, 0.15) is 0 Å². The van der Waals surface area contributed by atoms with E-state index in [-0.39, 0.29) is 5.75 Å². The van der Waals surface area contributed by atoms with Gasteiger partial charge in [-0.1, -0.05) is 36.8 Å². The molecule has 0 aromatic heterocycles. The SMILES string of the molecule is CC/C(C)=C/CS(=O)(=O)c1ccccc1. The van der Waals surface area contributed by atoms with Crippen molar-refractivity contribution in [3.8, 4) is 0 Å². The van der Waals surface area contributed by atoms with Crippen LogP contribution in [0.5, 0.6) is 0 Å². The number of hydrogen-bond acceptors (Lipinski definition) is 2. The van der Waals surface area contributed by atoms with Crippen LogP contribution in [0.3, 0.4) is 0 Å². The minimum Gasteiger partial charge on any atom is -0.223 e. The highest BCUT2D eigenvalue weighted by Gasteiger charge is 2.11. The Labute approximate surface area is 91.6 Å². The van der Waals surface area contributed by atoms with Gasteiger partial charge in [-0.15, -0.1) is 0 Å². The lowest BCUT2D eigenvalue weighted by Crippen LogP contribution is -2.04. The van der Waals surface area contributed by atoms with E-state index in [1.807, 2.05) is 19.9 Å². The number of rotatable bonds is 4. The fraction of sp³-hybridized carbons (Fsp3) is 0.333. The lowest BCUT2D eigenvalue weighted by Gasteiger charge is -2.01. The summed E-state index contributed by atoms with van der Waals surface area (Å²) in [4.78, 5) is 0.394. The van der Waals surface area contributed by atoms with E-state index in [9.17, 15) is 8.42 Å². The highest BCUT2D eigenvalue weighted by molar-refractivity contribution is 7.91. The molecule has 0 unspecified atom stereocenters. The van der Waals surface area contributed by atoms with Crippen molar-refractivity contribution < 1.29 is 8.42 Å². The molecule has 0 saturated carbocycles. The quantitative estimate of drug-likeness (QED) is 0.737. The Bertz CT molecular complexity index is 430. The molecule has 2 nitrogen and oxygen atoms in total. The minimum atomic E-state index is -3.14. The summed E-state index contributed by atoms with van der Waals surface area (Å²) in [5.41, 5.74) is 1.11. The van der Waals surface area contributed by atoms with E-state index in [4.69, 9.17) is 0 Å². The zero-order chi connectivity index (χ0) is 11.3. The average Bonchev–Trinajstić information content (AvgIpc) is 2.27. The van der Waals surface area contributed by atoms with Gasteiger partial charge in [0.2, 0.25) is 0 Å². The van der Waals surface area contributed by atoms with Crippen LogP contribution in [0.15, 0.2) is 46.9 Å². The van der Waals surface area contributed by atoms with Crippen LogP contribution in [0.25, 0.3) is 0 Å². The first-order chi connectivity index (χ1) is 7.06. The maximum absolute atomic E-state index is 11.8. The first-order valence-electron chi connectivity index (χ1n) is 4.99. The van der Waals surface area contributed by atoms with Crippen LogP contribution in [0.2, 0.25) is 0 Å². The molecule has 0 spiro atoms. The van der Waals surface area contributed by atoms with Crippen molar-refractivity contribution in [1.29, 1.82) is 0 Å². The molecule has 0 heterocycles. The topological polar surface area (TPSA) is 34.1 Å². The van der Waals surface area contributed by atoms with Gasteiger partial charge in [0.05, 0.1) is 10.6 Å². The summed E-state index contributed by atoms with van der Waals surface area (Å²) >= 11 is 0. The molecule has 0 bridgehead atoms. The van der Waals surface area contributed by atoms with Crippen LogP contribution < -0.4 is 0 Å². The monoisotopic (exact) mass is 224 g/mol. The third kappa shape index (κ3) is 3.51. The summed E-state index contributed by atoms with van der Waals surface area (Å²) in [5, 5.41) is 0. The van der Waals surface area contributed by atoms with Crippen molar-refractivity contribution in [2.75, 3.05) is 5.75 Å². The first kappa shape index (κ1) is 12.0. The second-order valence-corrected chi connectivity index (χ2v) is 5.53. The van der Waals surface area contributed by atoms with Crippen molar-refractivity contribution in [3.05, 3.63) is 42.0 Å². The predicted molar refractivity (Wildman–Crippen MR) is 62.5 cm³/mol. The smallest absolute Gasteiger partial charge is 0.181 e. The van der Waals surface area contributed by atoms with Crippen LogP contribution in [0.1, 0.15) is 20.3 Å². The van der Waals surface area contributed by atoms with Crippen molar-refractivity contribution in [3.63, 3.8) is 0 Å². The van der Waals surface area contributed by atoms with E-state index < -0.39 is 9.84 Å². The van der Waals surface area contributed by atoms with Crippen LogP contribution in [-0.4, -0.2) is 14.2 Å². The second kappa shape index (κ2) is 5.12. The fourth-order valence-electron chi connectivity index (χ4n) is 1.12. The van der Waals surface area contributed by atoms with Crippen LogP contribution in [0.4, 0.5) is 0 Å². The van der Waals surface area contributed by atoms with Crippen LogP contribution in [-0.2, 0) is 9.84 Å². The van der Waals surface area contributed by atoms with Gasteiger partial charge in [-0.2, -0.15) is 0 Å². The Morgan fingerprint density at radius 2 is 1.87 bits per heavy atom. The van der Waals surface area contributed by atoms with E-state index in [1.54, 1.807) is 30.3 Å². The maximum atomic E-state index is 11.8. The third-order valence-corrected chi connectivity index (χ3v) is 3.91. The fourth-order valence-corrected chi connectivity index (χ4v) is 2.39. The predicted octanol–water partition coefficient (Wildman–Crippen LogP) is 2.82.